The standard InChI is InChI=1S/C31H40N2.C2H4F2.CH4O/c1-6-9-13-27-19-20-29(22-28(27)12-7-2)31(4,5)24-33(30-14-10-11-21-32-30)23-26-17-15-25(8-3)16-18-26;1-2(3)4;1-2/h6,10-11,14-22H,1,7-9,12-13,23-24H2,2-5H3;2H,1H3;2H,1H3. The number of alkyl halides is 2. The zero-order chi connectivity index (χ0) is 29.3. The monoisotopic (exact) mass is 538 g/mol. The van der Waals surface area contributed by atoms with Crippen LogP contribution in [-0.4, -0.2) is 30.2 Å². The van der Waals surface area contributed by atoms with Gasteiger partial charge < -0.3 is 10.0 Å². The third kappa shape index (κ3) is 12.1. The number of allylic oxidation sites excluding steroid dienone is 1. The molecule has 1 heterocycles. The fourth-order valence-corrected chi connectivity index (χ4v) is 4.48. The van der Waals surface area contributed by atoms with Crippen LogP contribution in [0.5, 0.6) is 0 Å². The summed E-state index contributed by atoms with van der Waals surface area (Å²) >= 11 is 0. The Labute approximate surface area is 235 Å². The lowest BCUT2D eigenvalue weighted by molar-refractivity contribution is 0.171. The van der Waals surface area contributed by atoms with Gasteiger partial charge in [-0.1, -0.05) is 88.7 Å². The van der Waals surface area contributed by atoms with E-state index in [1.807, 2.05) is 18.3 Å². The number of pyridine rings is 1. The van der Waals surface area contributed by atoms with Crippen molar-refractivity contribution in [1.82, 2.24) is 4.98 Å². The Morgan fingerprint density at radius 2 is 1.59 bits per heavy atom. The number of nitrogens with zero attached hydrogens (tertiary/aromatic N) is 2. The highest BCUT2D eigenvalue weighted by Gasteiger charge is 2.26. The molecule has 0 bridgehead atoms. The number of hydrogen-bond acceptors (Lipinski definition) is 3. The van der Waals surface area contributed by atoms with E-state index in [1.165, 1.54) is 34.2 Å². The van der Waals surface area contributed by atoms with Crippen LogP contribution in [0.25, 0.3) is 0 Å². The Balaban J connectivity index is 0.00000116. The largest absolute Gasteiger partial charge is 0.400 e. The first-order valence-corrected chi connectivity index (χ1v) is 13.9. The fourth-order valence-electron chi connectivity index (χ4n) is 4.48. The van der Waals surface area contributed by atoms with E-state index >= 15 is 0 Å². The molecule has 0 radical (unpaired) electrons. The molecule has 39 heavy (non-hydrogen) atoms. The van der Waals surface area contributed by atoms with Gasteiger partial charge in [-0.15, -0.1) is 6.58 Å². The summed E-state index contributed by atoms with van der Waals surface area (Å²) in [5, 5.41) is 7.00. The molecule has 1 aromatic heterocycles. The van der Waals surface area contributed by atoms with Gasteiger partial charge in [0.2, 0.25) is 6.43 Å². The third-order valence-electron chi connectivity index (χ3n) is 6.49. The second-order valence-corrected chi connectivity index (χ2v) is 10.2. The highest BCUT2D eigenvalue weighted by atomic mass is 19.3. The van der Waals surface area contributed by atoms with E-state index in [0.717, 1.165) is 58.6 Å². The molecule has 2 aromatic carbocycles. The summed E-state index contributed by atoms with van der Waals surface area (Å²) in [6.45, 7) is 15.7. The Bertz CT molecular complexity index is 1060. The van der Waals surface area contributed by atoms with E-state index < -0.39 is 6.43 Å². The molecule has 0 saturated carbocycles. The molecule has 0 spiro atoms. The number of aliphatic hydroxyl groups is 1. The number of halogens is 2. The molecule has 0 aliphatic rings. The molecular weight excluding hydrogens is 490 g/mol. The minimum absolute atomic E-state index is 0.0136. The van der Waals surface area contributed by atoms with Gasteiger partial charge in [0, 0.05) is 31.8 Å². The van der Waals surface area contributed by atoms with Gasteiger partial charge in [0.15, 0.2) is 0 Å². The maximum Gasteiger partial charge on any atom is 0.235 e. The van der Waals surface area contributed by atoms with Gasteiger partial charge >= 0.3 is 0 Å². The normalized spacial score (nSPS) is 10.7. The Morgan fingerprint density at radius 3 is 2.13 bits per heavy atom. The van der Waals surface area contributed by atoms with Crippen molar-refractivity contribution >= 4 is 5.82 Å². The molecule has 3 aromatic rings. The second kappa shape index (κ2) is 18.3. The van der Waals surface area contributed by atoms with Crippen molar-refractivity contribution in [2.24, 2.45) is 0 Å². The molecule has 0 aliphatic carbocycles. The number of aryl methyl sites for hydroxylation is 3. The van der Waals surface area contributed by atoms with Crippen molar-refractivity contribution < 1.29 is 13.9 Å². The van der Waals surface area contributed by atoms with Crippen molar-refractivity contribution in [3.8, 4) is 0 Å². The topological polar surface area (TPSA) is 36.4 Å². The van der Waals surface area contributed by atoms with Gasteiger partial charge in [-0.05, 0) is 72.6 Å². The summed E-state index contributed by atoms with van der Waals surface area (Å²) in [5.41, 5.74) is 7.04. The molecule has 5 heteroatoms. The highest BCUT2D eigenvalue weighted by molar-refractivity contribution is 5.43. The first kappa shape index (κ1) is 34.0. The maximum atomic E-state index is 10.3. The van der Waals surface area contributed by atoms with Crippen LogP contribution in [0.4, 0.5) is 14.6 Å². The van der Waals surface area contributed by atoms with Gasteiger partial charge in [0.25, 0.3) is 0 Å². The lowest BCUT2D eigenvalue weighted by Gasteiger charge is -2.34. The predicted molar refractivity (Wildman–Crippen MR) is 163 cm³/mol. The number of aliphatic hydroxyl groups excluding tert-OH is 1. The Morgan fingerprint density at radius 1 is 0.949 bits per heavy atom. The summed E-state index contributed by atoms with van der Waals surface area (Å²) < 4.78 is 20.7. The van der Waals surface area contributed by atoms with Crippen LogP contribution in [-0.2, 0) is 31.2 Å². The molecular formula is C34H48F2N2O. The smallest absolute Gasteiger partial charge is 0.235 e. The van der Waals surface area contributed by atoms with Gasteiger partial charge in [-0.25, -0.2) is 13.8 Å². The molecule has 214 valence electrons. The van der Waals surface area contributed by atoms with Gasteiger partial charge in [0.1, 0.15) is 5.82 Å². The molecule has 0 atom stereocenters. The van der Waals surface area contributed by atoms with Gasteiger partial charge in [0.05, 0.1) is 0 Å². The SMILES string of the molecule is C=CCCc1ccc(C(C)(C)CN(Cc2ccc(CC)cc2)c2ccccn2)cc1CCC.CC(F)F.CO. The summed E-state index contributed by atoms with van der Waals surface area (Å²) in [6.07, 6.45) is 7.22. The van der Waals surface area contributed by atoms with E-state index in [0.29, 0.717) is 0 Å². The second-order valence-electron chi connectivity index (χ2n) is 10.2. The van der Waals surface area contributed by atoms with E-state index in [-0.39, 0.29) is 5.41 Å². The lowest BCUT2D eigenvalue weighted by Crippen LogP contribution is -2.37. The molecule has 0 amide bonds. The first-order valence-electron chi connectivity index (χ1n) is 13.9. The molecule has 1 N–H and O–H groups in total. The van der Waals surface area contributed by atoms with Crippen molar-refractivity contribution in [1.29, 1.82) is 0 Å². The molecule has 3 nitrogen and oxygen atoms in total. The number of rotatable bonds is 12. The van der Waals surface area contributed by atoms with Crippen LogP contribution in [0.2, 0.25) is 0 Å². The Hall–Kier alpha value is -3.05. The molecule has 3 rings (SSSR count). The highest BCUT2D eigenvalue weighted by Crippen LogP contribution is 2.30. The Kier molecular flexibility index (Phi) is 15.9. The van der Waals surface area contributed by atoms with Crippen LogP contribution in [0, 0.1) is 0 Å². The molecule has 0 fully saturated rings. The van der Waals surface area contributed by atoms with E-state index in [2.05, 4.69) is 93.8 Å². The number of aromatic nitrogens is 1. The fraction of sp³-hybridized carbons (Fsp3) is 0.441. The minimum Gasteiger partial charge on any atom is -0.400 e. The van der Waals surface area contributed by atoms with Gasteiger partial charge in [-0.2, -0.15) is 0 Å². The van der Waals surface area contributed by atoms with E-state index in [9.17, 15) is 8.78 Å². The van der Waals surface area contributed by atoms with Gasteiger partial charge in [-0.3, -0.25) is 0 Å². The minimum atomic E-state index is -2.17. The maximum absolute atomic E-state index is 10.3. The predicted octanol–water partition coefficient (Wildman–Crippen LogP) is 8.58. The van der Waals surface area contributed by atoms with Crippen LogP contribution >= 0.6 is 0 Å². The summed E-state index contributed by atoms with van der Waals surface area (Å²) in [4.78, 5) is 7.12. The van der Waals surface area contributed by atoms with Crippen molar-refractivity contribution in [3.05, 3.63) is 107 Å². The summed E-state index contributed by atoms with van der Waals surface area (Å²) in [7, 11) is 1.00. The summed E-state index contributed by atoms with van der Waals surface area (Å²) in [6, 6.07) is 22.3. The number of anilines is 1. The summed E-state index contributed by atoms with van der Waals surface area (Å²) in [5.74, 6) is 1.03. The van der Waals surface area contributed by atoms with Crippen LogP contribution in [0.1, 0.15) is 75.3 Å². The average Bonchev–Trinajstić information content (AvgIpc) is 2.93. The van der Waals surface area contributed by atoms with Crippen LogP contribution in [0.15, 0.2) is 79.5 Å². The molecule has 0 saturated heterocycles. The molecule has 0 aliphatic heterocycles. The number of benzene rings is 2. The van der Waals surface area contributed by atoms with E-state index in [1.54, 1.807) is 0 Å². The van der Waals surface area contributed by atoms with E-state index in [4.69, 9.17) is 10.1 Å². The quantitative estimate of drug-likeness (QED) is 0.235. The van der Waals surface area contributed by atoms with Crippen molar-refractivity contribution in [2.45, 2.75) is 85.1 Å². The molecule has 0 unspecified atom stereocenters. The average molecular weight is 539 g/mol. The van der Waals surface area contributed by atoms with Crippen LogP contribution in [0.3, 0.4) is 0 Å². The zero-order valence-electron chi connectivity index (χ0n) is 24.8. The number of hydrogen-bond donors (Lipinski definition) is 1. The first-order chi connectivity index (χ1) is 18.7. The third-order valence-corrected chi connectivity index (χ3v) is 6.49. The lowest BCUT2D eigenvalue weighted by atomic mass is 9.81. The van der Waals surface area contributed by atoms with Crippen molar-refractivity contribution in [2.75, 3.05) is 18.6 Å². The van der Waals surface area contributed by atoms with Crippen LogP contribution < -0.4 is 4.90 Å². The van der Waals surface area contributed by atoms with Crippen molar-refractivity contribution in [3.63, 3.8) is 0 Å². The zero-order valence-corrected chi connectivity index (χ0v) is 24.8.